The quantitative estimate of drug-likeness (QED) is 0.845. The third kappa shape index (κ3) is 2.42. The van der Waals surface area contributed by atoms with E-state index in [-0.39, 0.29) is 11.7 Å². The lowest BCUT2D eigenvalue weighted by Gasteiger charge is -2.34. The van der Waals surface area contributed by atoms with E-state index < -0.39 is 12.1 Å². The van der Waals surface area contributed by atoms with Gasteiger partial charge in [0.05, 0.1) is 19.3 Å². The molecule has 0 aromatic heterocycles. The molecule has 17 heavy (non-hydrogen) atoms. The van der Waals surface area contributed by atoms with Crippen LogP contribution >= 0.6 is 0 Å². The van der Waals surface area contributed by atoms with E-state index in [0.717, 1.165) is 19.3 Å². The lowest BCUT2D eigenvalue weighted by Crippen LogP contribution is -2.36. The van der Waals surface area contributed by atoms with Crippen LogP contribution in [0.25, 0.3) is 0 Å². The van der Waals surface area contributed by atoms with Crippen molar-refractivity contribution < 1.29 is 14.2 Å². The summed E-state index contributed by atoms with van der Waals surface area (Å²) >= 11 is 0. The van der Waals surface area contributed by atoms with Gasteiger partial charge in [0.2, 0.25) is 0 Å². The van der Waals surface area contributed by atoms with Gasteiger partial charge < -0.3 is 15.6 Å². The molecule has 0 radical (unpaired) electrons. The van der Waals surface area contributed by atoms with Crippen LogP contribution in [0, 0.1) is 11.7 Å². The van der Waals surface area contributed by atoms with Gasteiger partial charge in [0.25, 0.3) is 0 Å². The first-order valence-corrected chi connectivity index (χ1v) is 5.90. The van der Waals surface area contributed by atoms with Crippen molar-refractivity contribution in [3.8, 4) is 5.75 Å². The van der Waals surface area contributed by atoms with E-state index in [9.17, 15) is 9.50 Å². The second-order valence-corrected chi connectivity index (χ2v) is 4.59. The van der Waals surface area contributed by atoms with E-state index >= 15 is 0 Å². The number of halogens is 1. The summed E-state index contributed by atoms with van der Waals surface area (Å²) in [6.45, 7) is 0. The van der Waals surface area contributed by atoms with E-state index in [2.05, 4.69) is 0 Å². The van der Waals surface area contributed by atoms with Gasteiger partial charge in [0, 0.05) is 5.56 Å². The molecule has 1 fully saturated rings. The van der Waals surface area contributed by atoms with E-state index in [1.165, 1.54) is 25.3 Å². The zero-order chi connectivity index (χ0) is 12.4. The Morgan fingerprint density at radius 1 is 1.47 bits per heavy atom. The molecule has 1 aromatic carbocycles. The smallest absolute Gasteiger partial charge is 0.123 e. The highest BCUT2D eigenvalue weighted by molar-refractivity contribution is 5.37. The van der Waals surface area contributed by atoms with Gasteiger partial charge in [0.15, 0.2) is 0 Å². The van der Waals surface area contributed by atoms with E-state index in [1.54, 1.807) is 0 Å². The fourth-order valence-electron chi connectivity index (χ4n) is 2.22. The molecule has 3 nitrogen and oxygen atoms in total. The van der Waals surface area contributed by atoms with Crippen LogP contribution in [0.2, 0.25) is 0 Å². The Hall–Kier alpha value is -1.13. The number of methoxy groups -OCH3 is 1. The van der Waals surface area contributed by atoms with Gasteiger partial charge in [-0.05, 0) is 37.0 Å². The monoisotopic (exact) mass is 239 g/mol. The molecule has 1 aliphatic rings. The minimum Gasteiger partial charge on any atom is -0.496 e. The van der Waals surface area contributed by atoms with Crippen molar-refractivity contribution in [3.05, 3.63) is 29.6 Å². The Kier molecular flexibility index (Phi) is 3.64. The van der Waals surface area contributed by atoms with Gasteiger partial charge in [0.1, 0.15) is 11.6 Å². The second kappa shape index (κ2) is 5.02. The van der Waals surface area contributed by atoms with Crippen molar-refractivity contribution in [2.45, 2.75) is 31.4 Å². The third-order valence-corrected chi connectivity index (χ3v) is 3.55. The standard InChI is InChI=1S/C13H18FNO2/c1-17-11-6-5-9(14)7-10(11)12(15)13(16)8-3-2-4-8/h5-8,12-13,16H,2-4,15H2,1H3/t12-,13+/m1/s1. The van der Waals surface area contributed by atoms with Crippen molar-refractivity contribution >= 4 is 0 Å². The largest absolute Gasteiger partial charge is 0.496 e. The summed E-state index contributed by atoms with van der Waals surface area (Å²) in [5.74, 6) is 0.396. The number of benzene rings is 1. The fourth-order valence-corrected chi connectivity index (χ4v) is 2.22. The zero-order valence-corrected chi connectivity index (χ0v) is 9.90. The van der Waals surface area contributed by atoms with Crippen molar-refractivity contribution in [3.63, 3.8) is 0 Å². The lowest BCUT2D eigenvalue weighted by atomic mass is 9.77. The minimum absolute atomic E-state index is 0.234. The normalized spacial score (nSPS) is 19.5. The molecule has 1 aromatic rings. The molecule has 3 N–H and O–H groups in total. The highest BCUT2D eigenvalue weighted by Gasteiger charge is 2.32. The van der Waals surface area contributed by atoms with Crippen molar-refractivity contribution in [2.75, 3.05) is 7.11 Å². The summed E-state index contributed by atoms with van der Waals surface area (Å²) in [5.41, 5.74) is 6.53. The molecule has 0 bridgehead atoms. The predicted molar refractivity (Wildman–Crippen MR) is 63.2 cm³/mol. The number of rotatable bonds is 4. The summed E-state index contributed by atoms with van der Waals surface area (Å²) in [5, 5.41) is 10.1. The minimum atomic E-state index is -0.626. The Morgan fingerprint density at radius 2 is 2.18 bits per heavy atom. The Morgan fingerprint density at radius 3 is 2.71 bits per heavy atom. The molecule has 94 valence electrons. The van der Waals surface area contributed by atoms with Gasteiger partial charge >= 0.3 is 0 Å². The molecule has 0 unspecified atom stereocenters. The SMILES string of the molecule is COc1ccc(F)cc1[C@@H](N)[C@@H](O)C1CCC1. The summed E-state index contributed by atoms with van der Waals surface area (Å²) in [6, 6.07) is 3.61. The van der Waals surface area contributed by atoms with E-state index in [1.807, 2.05) is 0 Å². The van der Waals surface area contributed by atoms with Gasteiger partial charge in [-0.15, -0.1) is 0 Å². The van der Waals surface area contributed by atoms with Gasteiger partial charge in [-0.25, -0.2) is 4.39 Å². The zero-order valence-electron chi connectivity index (χ0n) is 9.90. The maximum Gasteiger partial charge on any atom is 0.123 e. The maximum absolute atomic E-state index is 13.2. The first-order valence-electron chi connectivity index (χ1n) is 5.90. The van der Waals surface area contributed by atoms with Crippen LogP contribution in [0.3, 0.4) is 0 Å². The molecule has 0 spiro atoms. The molecule has 0 amide bonds. The molecular formula is C13H18FNO2. The van der Waals surface area contributed by atoms with E-state index in [0.29, 0.717) is 11.3 Å². The molecule has 2 atom stereocenters. The first kappa shape index (κ1) is 12.3. The Bertz CT molecular complexity index is 393. The molecule has 0 aliphatic heterocycles. The number of hydrogen-bond acceptors (Lipinski definition) is 3. The summed E-state index contributed by atoms with van der Waals surface area (Å²) < 4.78 is 18.4. The first-order chi connectivity index (χ1) is 8.13. The third-order valence-electron chi connectivity index (χ3n) is 3.55. The average molecular weight is 239 g/mol. The number of hydrogen-bond donors (Lipinski definition) is 2. The van der Waals surface area contributed by atoms with Crippen molar-refractivity contribution in [2.24, 2.45) is 11.7 Å². The van der Waals surface area contributed by atoms with Crippen LogP contribution < -0.4 is 10.5 Å². The topological polar surface area (TPSA) is 55.5 Å². The van der Waals surface area contributed by atoms with Gasteiger partial charge in [-0.3, -0.25) is 0 Å². The molecule has 4 heteroatoms. The molecule has 1 saturated carbocycles. The highest BCUT2D eigenvalue weighted by atomic mass is 19.1. The lowest BCUT2D eigenvalue weighted by molar-refractivity contribution is 0.0407. The Labute approximate surface area is 100 Å². The van der Waals surface area contributed by atoms with Crippen LogP contribution in [0.5, 0.6) is 5.75 Å². The molecule has 0 heterocycles. The number of aliphatic hydroxyl groups is 1. The number of aliphatic hydroxyl groups excluding tert-OH is 1. The van der Waals surface area contributed by atoms with Crippen molar-refractivity contribution in [1.82, 2.24) is 0 Å². The van der Waals surface area contributed by atoms with Crippen LogP contribution in [-0.2, 0) is 0 Å². The van der Waals surface area contributed by atoms with Crippen LogP contribution in [-0.4, -0.2) is 18.3 Å². The Balaban J connectivity index is 2.21. The van der Waals surface area contributed by atoms with Gasteiger partial charge in [-0.2, -0.15) is 0 Å². The number of ether oxygens (including phenoxy) is 1. The highest BCUT2D eigenvalue weighted by Crippen LogP contribution is 2.36. The van der Waals surface area contributed by atoms with Crippen LogP contribution in [0.15, 0.2) is 18.2 Å². The summed E-state index contributed by atoms with van der Waals surface area (Å²) in [6.07, 6.45) is 2.49. The van der Waals surface area contributed by atoms with E-state index in [4.69, 9.17) is 10.5 Å². The van der Waals surface area contributed by atoms with Crippen molar-refractivity contribution in [1.29, 1.82) is 0 Å². The van der Waals surface area contributed by atoms with Crippen LogP contribution in [0.4, 0.5) is 4.39 Å². The molecule has 0 saturated heterocycles. The maximum atomic E-state index is 13.2. The summed E-state index contributed by atoms with van der Waals surface area (Å²) in [4.78, 5) is 0. The van der Waals surface area contributed by atoms with Gasteiger partial charge in [-0.1, -0.05) is 6.42 Å². The number of nitrogens with two attached hydrogens (primary N) is 1. The molecule has 1 aliphatic carbocycles. The predicted octanol–water partition coefficient (Wildman–Crippen LogP) is 2.00. The second-order valence-electron chi connectivity index (χ2n) is 4.59. The van der Waals surface area contributed by atoms with Crippen LogP contribution in [0.1, 0.15) is 30.9 Å². The molecular weight excluding hydrogens is 221 g/mol. The average Bonchev–Trinajstić information content (AvgIpc) is 2.25. The summed E-state index contributed by atoms with van der Waals surface area (Å²) in [7, 11) is 1.51. The fraction of sp³-hybridized carbons (Fsp3) is 0.538. The molecule has 2 rings (SSSR count).